The molecule has 0 saturated heterocycles. The van der Waals surface area contributed by atoms with E-state index in [4.69, 9.17) is 0 Å². The second-order valence-corrected chi connectivity index (χ2v) is 7.24. The van der Waals surface area contributed by atoms with Gasteiger partial charge in [0.2, 0.25) is 5.82 Å². The quantitative estimate of drug-likeness (QED) is 0.740. The second kappa shape index (κ2) is 6.33. The minimum Gasteiger partial charge on any atom is -0.345 e. The normalized spacial score (nSPS) is 12.4. The van der Waals surface area contributed by atoms with Crippen LogP contribution in [0.5, 0.6) is 0 Å². The van der Waals surface area contributed by atoms with Crippen LogP contribution in [0.25, 0.3) is 17.0 Å². The molecule has 1 amide bonds. The zero-order chi connectivity index (χ0) is 20.0. The molecule has 0 unspecified atom stereocenters. The summed E-state index contributed by atoms with van der Waals surface area (Å²) in [5.41, 5.74) is -0.0470. The van der Waals surface area contributed by atoms with E-state index >= 15 is 0 Å². The SMILES string of the molecule is Cc1ccc(-c2cc(C(F)(F)F)n3nc(C(=O)NC(C)(C)C)nc3n2)cc1. The van der Waals surface area contributed by atoms with E-state index in [2.05, 4.69) is 20.4 Å². The molecule has 0 saturated carbocycles. The molecule has 2 heterocycles. The topological polar surface area (TPSA) is 72.2 Å². The van der Waals surface area contributed by atoms with Gasteiger partial charge in [-0.05, 0) is 33.8 Å². The van der Waals surface area contributed by atoms with Crippen LogP contribution in [0, 0.1) is 6.92 Å². The maximum atomic E-state index is 13.5. The highest BCUT2D eigenvalue weighted by molar-refractivity contribution is 5.91. The van der Waals surface area contributed by atoms with Gasteiger partial charge in [-0.25, -0.2) is 4.98 Å². The smallest absolute Gasteiger partial charge is 0.345 e. The average molecular weight is 377 g/mol. The predicted octanol–water partition coefficient (Wildman–Crippen LogP) is 3.65. The van der Waals surface area contributed by atoms with Gasteiger partial charge in [-0.1, -0.05) is 29.8 Å². The van der Waals surface area contributed by atoms with Gasteiger partial charge in [0.15, 0.2) is 5.69 Å². The number of nitrogens with zero attached hydrogens (tertiary/aromatic N) is 4. The molecule has 1 aromatic carbocycles. The van der Waals surface area contributed by atoms with Crippen molar-refractivity contribution in [2.24, 2.45) is 0 Å². The molecule has 9 heteroatoms. The molecule has 0 bridgehead atoms. The van der Waals surface area contributed by atoms with Crippen LogP contribution in [0.15, 0.2) is 30.3 Å². The van der Waals surface area contributed by atoms with Gasteiger partial charge in [-0.15, -0.1) is 5.10 Å². The van der Waals surface area contributed by atoms with Crippen molar-refractivity contribution in [2.45, 2.75) is 39.4 Å². The second-order valence-electron chi connectivity index (χ2n) is 7.24. The Morgan fingerprint density at radius 3 is 2.26 bits per heavy atom. The molecular weight excluding hydrogens is 359 g/mol. The van der Waals surface area contributed by atoms with Crippen molar-refractivity contribution in [3.63, 3.8) is 0 Å². The van der Waals surface area contributed by atoms with Crippen LogP contribution in [-0.2, 0) is 6.18 Å². The van der Waals surface area contributed by atoms with Crippen molar-refractivity contribution < 1.29 is 18.0 Å². The van der Waals surface area contributed by atoms with Crippen molar-refractivity contribution in [3.05, 3.63) is 47.4 Å². The third-order valence-corrected chi connectivity index (χ3v) is 3.64. The minimum atomic E-state index is -4.69. The third-order valence-electron chi connectivity index (χ3n) is 3.64. The number of rotatable bonds is 2. The van der Waals surface area contributed by atoms with Gasteiger partial charge in [0.05, 0.1) is 5.69 Å². The maximum absolute atomic E-state index is 13.5. The van der Waals surface area contributed by atoms with Gasteiger partial charge in [-0.3, -0.25) is 4.79 Å². The van der Waals surface area contributed by atoms with Crippen molar-refractivity contribution in [2.75, 3.05) is 0 Å². The monoisotopic (exact) mass is 377 g/mol. The molecule has 0 aliphatic rings. The third kappa shape index (κ3) is 4.07. The molecule has 0 aliphatic heterocycles. The number of alkyl halides is 3. The first-order valence-corrected chi connectivity index (χ1v) is 8.19. The lowest BCUT2D eigenvalue weighted by Gasteiger charge is -2.18. The summed E-state index contributed by atoms with van der Waals surface area (Å²) in [6.45, 7) is 7.11. The van der Waals surface area contributed by atoms with E-state index in [1.54, 1.807) is 45.0 Å². The number of benzene rings is 1. The van der Waals surface area contributed by atoms with Crippen molar-refractivity contribution >= 4 is 11.7 Å². The van der Waals surface area contributed by atoms with E-state index in [0.29, 0.717) is 10.1 Å². The van der Waals surface area contributed by atoms with Gasteiger partial charge in [-0.2, -0.15) is 22.7 Å². The molecule has 3 rings (SSSR count). The van der Waals surface area contributed by atoms with Crippen LogP contribution in [0.2, 0.25) is 0 Å². The maximum Gasteiger partial charge on any atom is 0.433 e. The van der Waals surface area contributed by atoms with Crippen LogP contribution in [0.3, 0.4) is 0 Å². The highest BCUT2D eigenvalue weighted by atomic mass is 19.4. The highest BCUT2D eigenvalue weighted by Crippen LogP contribution is 2.32. The molecule has 0 spiro atoms. The molecule has 0 atom stereocenters. The number of nitrogens with one attached hydrogen (secondary N) is 1. The Bertz CT molecular complexity index is 1000. The molecule has 27 heavy (non-hydrogen) atoms. The molecule has 3 aromatic rings. The molecule has 0 aliphatic carbocycles. The van der Waals surface area contributed by atoms with E-state index in [1.165, 1.54) is 0 Å². The van der Waals surface area contributed by atoms with Gasteiger partial charge in [0, 0.05) is 11.1 Å². The minimum absolute atomic E-state index is 0.102. The Morgan fingerprint density at radius 1 is 1.07 bits per heavy atom. The predicted molar refractivity (Wildman–Crippen MR) is 93.2 cm³/mol. The molecule has 142 valence electrons. The summed E-state index contributed by atoms with van der Waals surface area (Å²) in [4.78, 5) is 20.3. The Morgan fingerprint density at radius 2 is 1.70 bits per heavy atom. The van der Waals surface area contributed by atoms with Gasteiger partial charge < -0.3 is 5.32 Å². The van der Waals surface area contributed by atoms with E-state index in [0.717, 1.165) is 11.6 Å². The first-order valence-electron chi connectivity index (χ1n) is 8.19. The van der Waals surface area contributed by atoms with E-state index in [-0.39, 0.29) is 17.3 Å². The van der Waals surface area contributed by atoms with E-state index < -0.39 is 23.3 Å². The van der Waals surface area contributed by atoms with Crippen LogP contribution in [0.4, 0.5) is 13.2 Å². The fraction of sp³-hybridized carbons (Fsp3) is 0.333. The van der Waals surface area contributed by atoms with Crippen molar-refractivity contribution in [1.82, 2.24) is 24.9 Å². The summed E-state index contributed by atoms with van der Waals surface area (Å²) in [6.07, 6.45) is -4.69. The lowest BCUT2D eigenvalue weighted by molar-refractivity contribution is -0.142. The average Bonchev–Trinajstić information content (AvgIpc) is 2.96. The number of fused-ring (bicyclic) bond motifs is 1. The van der Waals surface area contributed by atoms with Gasteiger partial charge in [0.1, 0.15) is 0 Å². The zero-order valence-electron chi connectivity index (χ0n) is 15.2. The fourth-order valence-electron chi connectivity index (χ4n) is 2.44. The Hall–Kier alpha value is -2.97. The van der Waals surface area contributed by atoms with Crippen LogP contribution >= 0.6 is 0 Å². The lowest BCUT2D eigenvalue weighted by atomic mass is 10.1. The van der Waals surface area contributed by atoms with Crippen molar-refractivity contribution in [1.29, 1.82) is 0 Å². The number of carbonyl (C=O) groups is 1. The Labute approximate surface area is 153 Å². The van der Waals surface area contributed by atoms with Crippen LogP contribution < -0.4 is 5.32 Å². The molecule has 0 radical (unpaired) electrons. The molecule has 6 nitrogen and oxygen atoms in total. The summed E-state index contributed by atoms with van der Waals surface area (Å²) in [7, 11) is 0. The summed E-state index contributed by atoms with van der Waals surface area (Å²) >= 11 is 0. The standard InChI is InChI=1S/C18H18F3N5O/c1-10-5-7-11(8-6-10)12-9-13(18(19,20)21)26-16(22-12)23-14(25-26)15(27)24-17(2,3)4/h5-9H,1-4H3,(H,24,27). The largest absolute Gasteiger partial charge is 0.433 e. The highest BCUT2D eigenvalue weighted by Gasteiger charge is 2.36. The summed E-state index contributed by atoms with van der Waals surface area (Å²) in [6, 6.07) is 7.81. The Balaban J connectivity index is 2.16. The van der Waals surface area contributed by atoms with Gasteiger partial charge in [0.25, 0.3) is 11.7 Å². The van der Waals surface area contributed by atoms with E-state index in [9.17, 15) is 18.0 Å². The van der Waals surface area contributed by atoms with Crippen LogP contribution in [0.1, 0.15) is 42.6 Å². The van der Waals surface area contributed by atoms with Gasteiger partial charge >= 0.3 is 6.18 Å². The first-order chi connectivity index (χ1) is 12.4. The van der Waals surface area contributed by atoms with Crippen molar-refractivity contribution in [3.8, 4) is 11.3 Å². The summed E-state index contributed by atoms with van der Waals surface area (Å²) in [5, 5.41) is 6.34. The number of aromatic nitrogens is 4. The Kier molecular flexibility index (Phi) is 4.41. The fourth-order valence-corrected chi connectivity index (χ4v) is 2.44. The number of amides is 1. The number of hydrogen-bond donors (Lipinski definition) is 1. The zero-order valence-corrected chi connectivity index (χ0v) is 15.2. The summed E-state index contributed by atoms with van der Waals surface area (Å²) in [5.74, 6) is -1.33. The molecule has 2 aromatic heterocycles. The number of hydrogen-bond acceptors (Lipinski definition) is 4. The number of halogens is 3. The first kappa shape index (κ1) is 18.8. The summed E-state index contributed by atoms with van der Waals surface area (Å²) < 4.78 is 41.2. The molecule has 0 fully saturated rings. The van der Waals surface area contributed by atoms with E-state index in [1.807, 2.05) is 6.92 Å². The molecular formula is C18H18F3N5O. The van der Waals surface area contributed by atoms with Crippen LogP contribution in [-0.4, -0.2) is 31.0 Å². The number of carbonyl (C=O) groups excluding carboxylic acids is 1. The lowest BCUT2D eigenvalue weighted by Crippen LogP contribution is -2.41. The molecule has 1 N–H and O–H groups in total. The number of aryl methyl sites for hydroxylation is 1.